The Morgan fingerprint density at radius 1 is 1.12 bits per heavy atom. The first-order chi connectivity index (χ1) is 16.3. The Morgan fingerprint density at radius 2 is 1.79 bits per heavy atom. The van der Waals surface area contributed by atoms with Gasteiger partial charge in [0.15, 0.2) is 11.5 Å². The van der Waals surface area contributed by atoms with E-state index < -0.39 is 29.6 Å². The number of carbonyl (C=O) groups is 2. The third kappa shape index (κ3) is 3.91. The van der Waals surface area contributed by atoms with Crippen LogP contribution < -0.4 is 24.8 Å². The molecule has 0 bridgehead atoms. The van der Waals surface area contributed by atoms with E-state index in [1.54, 1.807) is 30.8 Å². The molecule has 0 aliphatic carbocycles. The van der Waals surface area contributed by atoms with Crippen LogP contribution in [0.15, 0.2) is 36.4 Å². The van der Waals surface area contributed by atoms with Gasteiger partial charge in [-0.25, -0.2) is 4.39 Å². The lowest BCUT2D eigenvalue weighted by Gasteiger charge is -2.32. The van der Waals surface area contributed by atoms with Crippen LogP contribution in [-0.4, -0.2) is 49.0 Å². The molecular formula is C24H25FN4O5. The van der Waals surface area contributed by atoms with Gasteiger partial charge in [0, 0.05) is 24.1 Å². The average Bonchev–Trinajstić information content (AvgIpc) is 3.10. The summed E-state index contributed by atoms with van der Waals surface area (Å²) < 4.78 is 31.7. The lowest BCUT2D eigenvalue weighted by molar-refractivity contribution is -0.118. The van der Waals surface area contributed by atoms with Crippen molar-refractivity contribution < 1.29 is 28.2 Å². The molecule has 2 heterocycles. The van der Waals surface area contributed by atoms with Crippen molar-refractivity contribution in [1.82, 2.24) is 15.1 Å². The summed E-state index contributed by atoms with van der Waals surface area (Å²) in [6.07, 6.45) is 0. The second-order valence-electron chi connectivity index (χ2n) is 7.86. The molecule has 34 heavy (non-hydrogen) atoms. The maximum Gasteiger partial charge on any atom is 0.252 e. The van der Waals surface area contributed by atoms with Crippen LogP contribution in [0, 0.1) is 12.7 Å². The molecule has 2 amide bonds. The molecule has 0 saturated heterocycles. The molecule has 1 aliphatic heterocycles. The fourth-order valence-corrected chi connectivity index (χ4v) is 4.35. The van der Waals surface area contributed by atoms with Crippen LogP contribution in [0.4, 0.5) is 10.2 Å². The minimum atomic E-state index is -1.02. The van der Waals surface area contributed by atoms with Crippen molar-refractivity contribution in [3.8, 4) is 17.2 Å². The van der Waals surface area contributed by atoms with Crippen molar-refractivity contribution in [3.63, 3.8) is 0 Å². The molecule has 3 aromatic rings. The van der Waals surface area contributed by atoms with Crippen LogP contribution in [0.3, 0.4) is 0 Å². The van der Waals surface area contributed by atoms with Crippen LogP contribution in [0.5, 0.6) is 17.2 Å². The number of hydrogen-bond acceptors (Lipinski definition) is 6. The number of carbonyl (C=O) groups excluding carboxylic acids is 2. The fraction of sp³-hybridized carbons (Fsp3) is 0.292. The van der Waals surface area contributed by atoms with E-state index in [9.17, 15) is 14.0 Å². The monoisotopic (exact) mass is 468 g/mol. The summed E-state index contributed by atoms with van der Waals surface area (Å²) >= 11 is 0. The van der Waals surface area contributed by atoms with Crippen molar-refractivity contribution in [2.45, 2.75) is 18.9 Å². The quantitative estimate of drug-likeness (QED) is 0.577. The maximum atomic E-state index is 14.1. The van der Waals surface area contributed by atoms with Crippen LogP contribution in [0.1, 0.15) is 33.1 Å². The van der Waals surface area contributed by atoms with E-state index in [0.29, 0.717) is 39.9 Å². The fourth-order valence-electron chi connectivity index (χ4n) is 4.35. The summed E-state index contributed by atoms with van der Waals surface area (Å²) in [4.78, 5) is 26.5. The van der Waals surface area contributed by atoms with Gasteiger partial charge in [-0.1, -0.05) is 12.1 Å². The maximum absolute atomic E-state index is 14.1. The average molecular weight is 468 g/mol. The molecule has 0 saturated carbocycles. The number of fused-ring (bicyclic) bond motifs is 1. The molecule has 2 aromatic carbocycles. The number of anilines is 1. The highest BCUT2D eigenvalue weighted by atomic mass is 19.1. The predicted octanol–water partition coefficient (Wildman–Crippen LogP) is 2.78. The Hall–Kier alpha value is -4.08. The number of rotatable bonds is 6. The molecule has 0 spiro atoms. The van der Waals surface area contributed by atoms with Gasteiger partial charge in [-0.3, -0.25) is 14.3 Å². The van der Waals surface area contributed by atoms with Crippen LogP contribution in [-0.2, 0) is 11.8 Å². The summed E-state index contributed by atoms with van der Waals surface area (Å²) in [5.74, 6) is -0.628. The highest BCUT2D eigenvalue weighted by Gasteiger charge is 2.41. The minimum absolute atomic E-state index is 0.203. The van der Waals surface area contributed by atoms with Crippen molar-refractivity contribution in [2.24, 2.45) is 7.05 Å². The molecule has 0 radical (unpaired) electrons. The van der Waals surface area contributed by atoms with Gasteiger partial charge < -0.3 is 24.8 Å². The first-order valence-corrected chi connectivity index (χ1v) is 10.5. The van der Waals surface area contributed by atoms with E-state index in [0.717, 1.165) is 0 Å². The Balaban J connectivity index is 1.78. The van der Waals surface area contributed by atoms with Gasteiger partial charge >= 0.3 is 0 Å². The molecule has 2 N–H and O–H groups in total. The summed E-state index contributed by atoms with van der Waals surface area (Å²) in [6, 6.07) is 7.95. The zero-order chi connectivity index (χ0) is 24.6. The molecule has 178 valence electrons. The molecular weight excluding hydrogens is 443 g/mol. The topological polar surface area (TPSA) is 104 Å². The summed E-state index contributed by atoms with van der Waals surface area (Å²) in [6.45, 7) is 1.81. The first kappa shape index (κ1) is 23.1. The normalized spacial score (nSPS) is 16.9. The van der Waals surface area contributed by atoms with E-state index in [1.807, 2.05) is 0 Å². The SMILES string of the molecule is COc1cc(C(=O)N[C@@H]2C(=O)Nc3c(c(C)nn3C)[C@H]2c2cccc(F)c2)cc(OC)c1OC. The molecule has 9 nitrogen and oxygen atoms in total. The van der Waals surface area contributed by atoms with Crippen LogP contribution in [0.25, 0.3) is 0 Å². The Bertz CT molecular complexity index is 1250. The van der Waals surface area contributed by atoms with E-state index >= 15 is 0 Å². The third-order valence-corrected chi connectivity index (χ3v) is 5.86. The molecule has 0 unspecified atom stereocenters. The minimum Gasteiger partial charge on any atom is -0.493 e. The second-order valence-corrected chi connectivity index (χ2v) is 7.86. The smallest absolute Gasteiger partial charge is 0.252 e. The van der Waals surface area contributed by atoms with Gasteiger partial charge in [-0.15, -0.1) is 0 Å². The number of halogens is 1. The zero-order valence-electron chi connectivity index (χ0n) is 19.4. The Kier molecular flexibility index (Phi) is 6.14. The number of nitrogens with zero attached hydrogens (tertiary/aromatic N) is 2. The van der Waals surface area contributed by atoms with Gasteiger partial charge in [0.2, 0.25) is 11.7 Å². The predicted molar refractivity (Wildman–Crippen MR) is 122 cm³/mol. The zero-order valence-corrected chi connectivity index (χ0v) is 19.4. The number of benzene rings is 2. The summed E-state index contributed by atoms with van der Waals surface area (Å²) in [7, 11) is 6.06. The number of amides is 2. The molecule has 1 aromatic heterocycles. The van der Waals surface area contributed by atoms with Gasteiger partial charge in [0.1, 0.15) is 17.7 Å². The van der Waals surface area contributed by atoms with Gasteiger partial charge in [-0.05, 0) is 36.8 Å². The molecule has 1 aliphatic rings. The molecule has 2 atom stereocenters. The van der Waals surface area contributed by atoms with E-state index in [1.165, 1.54) is 45.6 Å². The van der Waals surface area contributed by atoms with Crippen LogP contribution in [0.2, 0.25) is 0 Å². The Morgan fingerprint density at radius 3 is 2.38 bits per heavy atom. The Labute approximate surface area is 195 Å². The number of hydrogen-bond donors (Lipinski definition) is 2. The third-order valence-electron chi connectivity index (χ3n) is 5.86. The van der Waals surface area contributed by atoms with Crippen molar-refractivity contribution >= 4 is 17.6 Å². The number of methoxy groups -OCH3 is 3. The van der Waals surface area contributed by atoms with Crippen molar-refractivity contribution in [1.29, 1.82) is 0 Å². The number of aryl methyl sites for hydroxylation is 2. The van der Waals surface area contributed by atoms with Gasteiger partial charge in [0.05, 0.1) is 27.0 Å². The van der Waals surface area contributed by atoms with E-state index in [4.69, 9.17) is 14.2 Å². The van der Waals surface area contributed by atoms with Gasteiger partial charge in [0.25, 0.3) is 5.91 Å². The number of ether oxygens (including phenoxy) is 3. The van der Waals surface area contributed by atoms with Crippen molar-refractivity contribution in [2.75, 3.05) is 26.6 Å². The van der Waals surface area contributed by atoms with E-state index in [-0.39, 0.29) is 5.56 Å². The lowest BCUT2D eigenvalue weighted by Crippen LogP contribution is -2.50. The molecule has 0 fully saturated rings. The highest BCUT2D eigenvalue weighted by Crippen LogP contribution is 2.40. The van der Waals surface area contributed by atoms with Crippen molar-refractivity contribution in [3.05, 3.63) is 64.6 Å². The highest BCUT2D eigenvalue weighted by molar-refractivity contribution is 6.04. The first-order valence-electron chi connectivity index (χ1n) is 10.5. The largest absolute Gasteiger partial charge is 0.493 e. The summed E-state index contributed by atoms with van der Waals surface area (Å²) in [5, 5.41) is 10.0. The standard InChI is InChI=1S/C24H25FN4O5/c1-12-18-19(13-7-6-8-15(25)9-13)20(24(31)27-22(18)29(2)28-12)26-23(30)14-10-16(32-3)21(34-5)17(11-14)33-4/h6-11,19-20H,1-5H3,(H,26,30)(H,27,31)/t19-,20+/m1/s1. The van der Waals surface area contributed by atoms with Crippen LogP contribution >= 0.6 is 0 Å². The number of nitrogens with one attached hydrogen (secondary N) is 2. The molecule has 10 heteroatoms. The lowest BCUT2D eigenvalue weighted by atomic mass is 9.82. The number of aromatic nitrogens is 2. The van der Waals surface area contributed by atoms with E-state index in [2.05, 4.69) is 15.7 Å². The van der Waals surface area contributed by atoms with Gasteiger partial charge in [-0.2, -0.15) is 5.10 Å². The summed E-state index contributed by atoms with van der Waals surface area (Å²) in [5.41, 5.74) is 2.12. The molecule has 4 rings (SSSR count). The second kappa shape index (κ2) is 9.05.